The lowest BCUT2D eigenvalue weighted by Gasteiger charge is -2.15. The van der Waals surface area contributed by atoms with Gasteiger partial charge in [0.05, 0.1) is 28.5 Å². The number of nitrogens with zero attached hydrogens (tertiary/aromatic N) is 3. The molecule has 0 N–H and O–H groups in total. The minimum absolute atomic E-state index is 0.0824. The van der Waals surface area contributed by atoms with Crippen molar-refractivity contribution in [1.82, 2.24) is 0 Å². The lowest BCUT2D eigenvalue weighted by Crippen LogP contribution is -2.16. The highest BCUT2D eigenvalue weighted by Gasteiger charge is 2.16. The summed E-state index contributed by atoms with van der Waals surface area (Å²) < 4.78 is 13.8. The van der Waals surface area contributed by atoms with Crippen LogP contribution in [0.1, 0.15) is 5.56 Å². The van der Waals surface area contributed by atoms with Gasteiger partial charge in [-0.05, 0) is 11.6 Å². The molecule has 2 aromatic rings. The van der Waals surface area contributed by atoms with E-state index < -0.39 is 10.7 Å². The molecule has 20 heavy (non-hydrogen) atoms. The Balaban J connectivity index is 2.28. The summed E-state index contributed by atoms with van der Waals surface area (Å²) in [5.41, 5.74) is 0.288. The van der Waals surface area contributed by atoms with Crippen molar-refractivity contribution in [2.45, 2.75) is 6.54 Å². The molecule has 0 bridgehead atoms. The zero-order valence-electron chi connectivity index (χ0n) is 10.3. The summed E-state index contributed by atoms with van der Waals surface area (Å²) in [6.07, 6.45) is 0. The predicted molar refractivity (Wildman–Crippen MR) is 71.5 cm³/mol. The summed E-state index contributed by atoms with van der Waals surface area (Å²) >= 11 is 0. The van der Waals surface area contributed by atoms with Gasteiger partial charge >= 0.3 is 0 Å². The second kappa shape index (κ2) is 5.87. The quantitative estimate of drug-likeness (QED) is 0.476. The zero-order chi connectivity index (χ0) is 14.5. The minimum atomic E-state index is -0.866. The highest BCUT2D eigenvalue weighted by molar-refractivity contribution is 5.52. The van der Waals surface area contributed by atoms with Gasteiger partial charge in [0, 0.05) is 6.07 Å². The molecular weight excluding hydrogens is 265 g/mol. The van der Waals surface area contributed by atoms with Crippen molar-refractivity contribution in [2.24, 2.45) is 5.29 Å². The van der Waals surface area contributed by atoms with Crippen molar-refractivity contribution < 1.29 is 9.31 Å². The molecule has 102 valence electrons. The standard InChI is InChI=1S/C13H10FN3O3/c14-12-8-11(17(19)20)6-7-13(12)16(15-18)9-10-4-2-1-3-5-10/h1-8H,9H2. The molecule has 0 saturated heterocycles. The molecule has 0 unspecified atom stereocenters. The number of non-ortho nitro benzene ring substituents is 1. The molecule has 0 aliphatic heterocycles. The Bertz CT molecular complexity index is 634. The van der Waals surface area contributed by atoms with Crippen molar-refractivity contribution in [1.29, 1.82) is 0 Å². The van der Waals surface area contributed by atoms with Crippen LogP contribution < -0.4 is 5.01 Å². The molecule has 2 rings (SSSR count). The van der Waals surface area contributed by atoms with E-state index in [1.54, 1.807) is 24.3 Å². The smallest absolute Gasteiger partial charge is 0.258 e. The summed E-state index contributed by atoms with van der Waals surface area (Å²) in [6.45, 7) is 0.0824. The van der Waals surface area contributed by atoms with E-state index in [2.05, 4.69) is 5.29 Å². The maximum atomic E-state index is 13.8. The van der Waals surface area contributed by atoms with Crippen molar-refractivity contribution in [3.8, 4) is 0 Å². The monoisotopic (exact) mass is 275 g/mol. The van der Waals surface area contributed by atoms with Gasteiger partial charge in [-0.1, -0.05) is 30.3 Å². The highest BCUT2D eigenvalue weighted by atomic mass is 19.1. The van der Waals surface area contributed by atoms with E-state index in [9.17, 15) is 19.4 Å². The predicted octanol–water partition coefficient (Wildman–Crippen LogP) is 3.42. The Morgan fingerprint density at radius 1 is 1.20 bits per heavy atom. The van der Waals surface area contributed by atoms with Gasteiger partial charge in [-0.15, -0.1) is 4.91 Å². The van der Waals surface area contributed by atoms with Gasteiger partial charge in [-0.3, -0.25) is 10.1 Å². The Hall–Kier alpha value is -2.83. The zero-order valence-corrected chi connectivity index (χ0v) is 10.3. The first kappa shape index (κ1) is 13.6. The van der Waals surface area contributed by atoms with Gasteiger partial charge in [-0.25, -0.2) is 9.40 Å². The van der Waals surface area contributed by atoms with Crippen LogP contribution in [0.2, 0.25) is 0 Å². The number of halogens is 1. The number of nitroso groups, excluding NO2 is 1. The molecule has 2 aromatic carbocycles. The fourth-order valence-corrected chi connectivity index (χ4v) is 1.73. The molecule has 0 aliphatic rings. The molecule has 0 amide bonds. The molecule has 0 heterocycles. The lowest BCUT2D eigenvalue weighted by atomic mass is 10.2. The molecule has 0 fully saturated rings. The maximum absolute atomic E-state index is 13.8. The van der Waals surface area contributed by atoms with Crippen LogP contribution in [0.3, 0.4) is 0 Å². The second-order valence-electron chi connectivity index (χ2n) is 4.02. The minimum Gasteiger partial charge on any atom is -0.258 e. The highest BCUT2D eigenvalue weighted by Crippen LogP contribution is 2.25. The SMILES string of the molecule is O=NN(Cc1ccccc1)c1ccc([N+](=O)[O-])cc1F. The summed E-state index contributed by atoms with van der Waals surface area (Å²) in [7, 11) is 0. The van der Waals surface area contributed by atoms with Gasteiger partial charge in [0.2, 0.25) is 0 Å². The van der Waals surface area contributed by atoms with E-state index in [0.29, 0.717) is 0 Å². The molecule has 0 radical (unpaired) electrons. The first-order valence-electron chi connectivity index (χ1n) is 5.70. The Morgan fingerprint density at radius 2 is 1.90 bits per heavy atom. The molecule has 0 aliphatic carbocycles. The van der Waals surface area contributed by atoms with Crippen LogP contribution >= 0.6 is 0 Å². The van der Waals surface area contributed by atoms with E-state index in [4.69, 9.17) is 0 Å². The normalized spacial score (nSPS) is 10.1. The van der Waals surface area contributed by atoms with E-state index >= 15 is 0 Å². The van der Waals surface area contributed by atoms with Crippen LogP contribution in [0.5, 0.6) is 0 Å². The third kappa shape index (κ3) is 2.94. The molecule has 0 spiro atoms. The van der Waals surface area contributed by atoms with E-state index in [-0.39, 0.29) is 17.9 Å². The third-order valence-corrected chi connectivity index (χ3v) is 2.69. The lowest BCUT2D eigenvalue weighted by molar-refractivity contribution is -0.385. The average molecular weight is 275 g/mol. The number of hydrogen-bond acceptors (Lipinski definition) is 4. The summed E-state index contributed by atoms with van der Waals surface area (Å²) in [6, 6.07) is 12.0. The van der Waals surface area contributed by atoms with Crippen molar-refractivity contribution in [2.75, 3.05) is 5.01 Å². The van der Waals surface area contributed by atoms with Crippen LogP contribution in [0.4, 0.5) is 15.8 Å². The molecule has 0 saturated carbocycles. The first-order valence-corrected chi connectivity index (χ1v) is 5.70. The number of nitro benzene ring substituents is 1. The van der Waals surface area contributed by atoms with Gasteiger partial charge in [0.1, 0.15) is 0 Å². The van der Waals surface area contributed by atoms with E-state index in [1.165, 1.54) is 0 Å². The van der Waals surface area contributed by atoms with Gasteiger partial charge in [-0.2, -0.15) is 0 Å². The summed E-state index contributed by atoms with van der Waals surface area (Å²) in [5.74, 6) is -0.866. The molecule has 6 nitrogen and oxygen atoms in total. The van der Waals surface area contributed by atoms with Gasteiger partial charge in [0.25, 0.3) is 5.69 Å². The molecule has 7 heteroatoms. The maximum Gasteiger partial charge on any atom is 0.272 e. The van der Waals surface area contributed by atoms with Gasteiger partial charge in [0.15, 0.2) is 5.82 Å². The summed E-state index contributed by atoms with van der Waals surface area (Å²) in [4.78, 5) is 20.7. The van der Waals surface area contributed by atoms with Crippen molar-refractivity contribution in [3.63, 3.8) is 0 Å². The first-order chi connectivity index (χ1) is 9.61. The van der Waals surface area contributed by atoms with Crippen LogP contribution in [-0.4, -0.2) is 4.92 Å². The number of anilines is 1. The second-order valence-corrected chi connectivity index (χ2v) is 4.02. The fraction of sp³-hybridized carbons (Fsp3) is 0.0769. The fourth-order valence-electron chi connectivity index (χ4n) is 1.73. The largest absolute Gasteiger partial charge is 0.272 e. The molecule has 0 aromatic heterocycles. The number of hydrogen-bond donors (Lipinski definition) is 0. The van der Waals surface area contributed by atoms with Crippen LogP contribution in [0.25, 0.3) is 0 Å². The molecule has 0 atom stereocenters. The number of benzene rings is 2. The van der Waals surface area contributed by atoms with E-state index in [1.807, 2.05) is 6.07 Å². The van der Waals surface area contributed by atoms with Crippen molar-refractivity contribution >= 4 is 11.4 Å². The van der Waals surface area contributed by atoms with E-state index in [0.717, 1.165) is 28.8 Å². The number of rotatable bonds is 5. The Labute approximate surface area is 113 Å². The Morgan fingerprint density at radius 3 is 2.45 bits per heavy atom. The Kier molecular flexibility index (Phi) is 3.99. The topological polar surface area (TPSA) is 75.8 Å². The van der Waals surface area contributed by atoms with Crippen LogP contribution in [-0.2, 0) is 6.54 Å². The number of nitro groups is 1. The average Bonchev–Trinajstić information content (AvgIpc) is 2.46. The van der Waals surface area contributed by atoms with Crippen LogP contribution in [0.15, 0.2) is 53.8 Å². The van der Waals surface area contributed by atoms with Crippen molar-refractivity contribution in [3.05, 3.63) is 74.9 Å². The third-order valence-electron chi connectivity index (χ3n) is 2.69. The van der Waals surface area contributed by atoms with Crippen LogP contribution in [0, 0.1) is 20.8 Å². The van der Waals surface area contributed by atoms with Gasteiger partial charge < -0.3 is 0 Å². The summed E-state index contributed by atoms with van der Waals surface area (Å²) in [5, 5.41) is 14.2. The molecular formula is C13H10FN3O3.